The molecule has 0 saturated carbocycles. The number of carbonyl (C=O) groups excluding carboxylic acids is 1. The molecule has 0 fully saturated rings. The van der Waals surface area contributed by atoms with Crippen LogP contribution in [0, 0.1) is 0 Å². The third-order valence-electron chi connectivity index (χ3n) is 2.65. The summed E-state index contributed by atoms with van der Waals surface area (Å²) in [6.07, 6.45) is 0.782. The molecule has 1 heterocycles. The van der Waals surface area contributed by atoms with Gasteiger partial charge in [0.1, 0.15) is 5.70 Å². The van der Waals surface area contributed by atoms with E-state index in [1.165, 1.54) is 0 Å². The first kappa shape index (κ1) is 9.77. The molecular weight excluding hydrogens is 188 g/mol. The summed E-state index contributed by atoms with van der Waals surface area (Å²) in [7, 11) is 1.90. The Morgan fingerprint density at radius 2 is 2.00 bits per heavy atom. The van der Waals surface area contributed by atoms with E-state index in [2.05, 4.69) is 0 Å². The molecule has 0 spiro atoms. The first-order valence-electron chi connectivity index (χ1n) is 4.99. The van der Waals surface area contributed by atoms with Crippen LogP contribution < -0.4 is 5.73 Å². The van der Waals surface area contributed by atoms with Crippen LogP contribution >= 0.6 is 0 Å². The Morgan fingerprint density at radius 1 is 1.33 bits per heavy atom. The summed E-state index contributed by atoms with van der Waals surface area (Å²) in [4.78, 5) is 14.0. The molecule has 0 aliphatic carbocycles. The van der Waals surface area contributed by atoms with Gasteiger partial charge in [-0.15, -0.1) is 0 Å². The highest BCUT2D eigenvalue weighted by Gasteiger charge is 2.24. The van der Waals surface area contributed by atoms with E-state index in [0.717, 1.165) is 13.0 Å². The third-order valence-corrected chi connectivity index (χ3v) is 2.65. The molecule has 3 heteroatoms. The molecule has 15 heavy (non-hydrogen) atoms. The van der Waals surface area contributed by atoms with Crippen molar-refractivity contribution in [3.05, 3.63) is 47.3 Å². The highest BCUT2D eigenvalue weighted by Crippen LogP contribution is 2.21. The quantitative estimate of drug-likeness (QED) is 0.737. The predicted molar refractivity (Wildman–Crippen MR) is 59.2 cm³/mol. The summed E-state index contributed by atoms with van der Waals surface area (Å²) in [6.45, 7) is 0.833. The molecule has 1 aromatic carbocycles. The van der Waals surface area contributed by atoms with Crippen LogP contribution in [-0.2, 0) is 0 Å². The summed E-state index contributed by atoms with van der Waals surface area (Å²) < 4.78 is 0. The van der Waals surface area contributed by atoms with Gasteiger partial charge in [0.05, 0.1) is 0 Å². The minimum Gasteiger partial charge on any atom is -0.400 e. The second kappa shape index (κ2) is 3.77. The number of nitrogens with two attached hydrogens (primary N) is 1. The summed E-state index contributed by atoms with van der Waals surface area (Å²) in [5.41, 5.74) is 7.88. The standard InChI is InChI=1S/C12H14N2O/c1-14-8-7-10(13)11(14)12(15)9-5-3-2-4-6-9/h2-6H,7-8,13H2,1H3. The Kier molecular flexibility index (Phi) is 2.46. The molecule has 0 unspecified atom stereocenters. The van der Waals surface area contributed by atoms with E-state index in [9.17, 15) is 4.79 Å². The average molecular weight is 202 g/mol. The normalized spacial score (nSPS) is 15.9. The van der Waals surface area contributed by atoms with Gasteiger partial charge in [0.25, 0.3) is 0 Å². The fourth-order valence-electron chi connectivity index (χ4n) is 1.81. The number of hydrogen-bond acceptors (Lipinski definition) is 3. The van der Waals surface area contributed by atoms with Crippen LogP contribution in [0.5, 0.6) is 0 Å². The van der Waals surface area contributed by atoms with Gasteiger partial charge < -0.3 is 10.6 Å². The van der Waals surface area contributed by atoms with Gasteiger partial charge in [-0.2, -0.15) is 0 Å². The number of carbonyl (C=O) groups is 1. The van der Waals surface area contributed by atoms with Crippen LogP contribution in [-0.4, -0.2) is 24.3 Å². The molecule has 0 bridgehead atoms. The predicted octanol–water partition coefficient (Wildman–Crippen LogP) is 1.38. The zero-order chi connectivity index (χ0) is 10.8. The summed E-state index contributed by atoms with van der Waals surface area (Å²) >= 11 is 0. The molecule has 78 valence electrons. The highest BCUT2D eigenvalue weighted by molar-refractivity contribution is 6.08. The van der Waals surface area contributed by atoms with Gasteiger partial charge in [0.2, 0.25) is 5.78 Å². The van der Waals surface area contributed by atoms with Crippen LogP contribution in [0.4, 0.5) is 0 Å². The fraction of sp³-hybridized carbons (Fsp3) is 0.250. The molecule has 2 rings (SSSR count). The molecule has 1 aliphatic rings. The second-order valence-electron chi connectivity index (χ2n) is 3.74. The topological polar surface area (TPSA) is 46.3 Å². The molecule has 0 atom stereocenters. The van der Waals surface area contributed by atoms with Gasteiger partial charge in [-0.25, -0.2) is 0 Å². The Hall–Kier alpha value is -1.77. The van der Waals surface area contributed by atoms with Crippen LogP contribution in [0.25, 0.3) is 0 Å². The summed E-state index contributed by atoms with van der Waals surface area (Å²) in [5.74, 6) is 0.0214. The number of hydrogen-bond donors (Lipinski definition) is 1. The Labute approximate surface area is 89.2 Å². The maximum Gasteiger partial charge on any atom is 0.210 e. The van der Waals surface area contributed by atoms with Gasteiger partial charge >= 0.3 is 0 Å². The van der Waals surface area contributed by atoms with Crippen molar-refractivity contribution >= 4 is 5.78 Å². The number of Topliss-reactive ketones (excluding diaryl/α,β-unsaturated/α-hetero) is 1. The lowest BCUT2D eigenvalue weighted by atomic mass is 10.1. The largest absolute Gasteiger partial charge is 0.400 e. The second-order valence-corrected chi connectivity index (χ2v) is 3.74. The van der Waals surface area contributed by atoms with Crippen LogP contribution in [0.15, 0.2) is 41.7 Å². The number of ketones is 1. The zero-order valence-corrected chi connectivity index (χ0v) is 8.73. The van der Waals surface area contributed by atoms with Crippen molar-refractivity contribution in [2.45, 2.75) is 6.42 Å². The van der Waals surface area contributed by atoms with E-state index < -0.39 is 0 Å². The average Bonchev–Trinajstić information content (AvgIpc) is 2.59. The molecule has 0 amide bonds. The number of benzene rings is 1. The smallest absolute Gasteiger partial charge is 0.210 e. The molecule has 0 radical (unpaired) electrons. The van der Waals surface area contributed by atoms with Crippen LogP contribution in [0.2, 0.25) is 0 Å². The number of rotatable bonds is 2. The molecule has 1 aromatic rings. The first-order valence-corrected chi connectivity index (χ1v) is 4.99. The van der Waals surface area contributed by atoms with Crippen LogP contribution in [0.1, 0.15) is 16.8 Å². The SMILES string of the molecule is CN1CCC(N)=C1C(=O)c1ccccc1. The Morgan fingerprint density at radius 3 is 2.53 bits per heavy atom. The Bertz CT molecular complexity index is 409. The molecule has 0 saturated heterocycles. The van der Waals surface area contributed by atoms with Gasteiger partial charge in [-0.05, 0) is 0 Å². The molecule has 1 aliphatic heterocycles. The van der Waals surface area contributed by atoms with Gasteiger partial charge in [-0.1, -0.05) is 30.3 Å². The number of allylic oxidation sites excluding steroid dienone is 1. The first-order chi connectivity index (χ1) is 7.20. The molecule has 3 nitrogen and oxygen atoms in total. The van der Waals surface area contributed by atoms with Crippen molar-refractivity contribution in [2.75, 3.05) is 13.6 Å². The van der Waals surface area contributed by atoms with E-state index in [4.69, 9.17) is 5.73 Å². The van der Waals surface area contributed by atoms with E-state index in [0.29, 0.717) is 17.0 Å². The highest BCUT2D eigenvalue weighted by atomic mass is 16.1. The lowest BCUT2D eigenvalue weighted by Crippen LogP contribution is -2.21. The lowest BCUT2D eigenvalue weighted by molar-refractivity contribution is 0.100. The maximum atomic E-state index is 12.1. The minimum absolute atomic E-state index is 0.0214. The minimum atomic E-state index is 0.0214. The molecule has 0 aromatic heterocycles. The number of nitrogens with zero attached hydrogens (tertiary/aromatic N) is 1. The van der Waals surface area contributed by atoms with Crippen molar-refractivity contribution in [1.29, 1.82) is 0 Å². The van der Waals surface area contributed by atoms with E-state index in [1.807, 2.05) is 42.3 Å². The number of likely N-dealkylation sites (N-methyl/N-ethyl adjacent to an activating group) is 1. The lowest BCUT2D eigenvalue weighted by Gasteiger charge is -2.14. The van der Waals surface area contributed by atoms with Crippen molar-refractivity contribution in [1.82, 2.24) is 4.90 Å². The summed E-state index contributed by atoms with van der Waals surface area (Å²) in [6, 6.07) is 9.24. The van der Waals surface area contributed by atoms with Gasteiger partial charge in [-0.3, -0.25) is 4.79 Å². The fourth-order valence-corrected chi connectivity index (χ4v) is 1.81. The van der Waals surface area contributed by atoms with E-state index in [1.54, 1.807) is 0 Å². The van der Waals surface area contributed by atoms with Gasteiger partial charge in [0.15, 0.2) is 0 Å². The van der Waals surface area contributed by atoms with Crippen LogP contribution in [0.3, 0.4) is 0 Å². The van der Waals surface area contributed by atoms with Crippen molar-refractivity contribution in [3.63, 3.8) is 0 Å². The van der Waals surface area contributed by atoms with E-state index >= 15 is 0 Å². The monoisotopic (exact) mass is 202 g/mol. The molecular formula is C12H14N2O. The summed E-state index contributed by atoms with van der Waals surface area (Å²) in [5, 5.41) is 0. The maximum absolute atomic E-state index is 12.1. The third kappa shape index (κ3) is 1.73. The zero-order valence-electron chi connectivity index (χ0n) is 8.73. The van der Waals surface area contributed by atoms with Gasteiger partial charge in [0, 0.05) is 31.3 Å². The van der Waals surface area contributed by atoms with Crippen molar-refractivity contribution < 1.29 is 4.79 Å². The van der Waals surface area contributed by atoms with E-state index in [-0.39, 0.29) is 5.78 Å². The van der Waals surface area contributed by atoms with Crippen molar-refractivity contribution in [3.8, 4) is 0 Å². The molecule has 2 N–H and O–H groups in total. The Balaban J connectivity index is 2.33. The van der Waals surface area contributed by atoms with Crippen molar-refractivity contribution in [2.24, 2.45) is 5.73 Å².